The van der Waals surface area contributed by atoms with Gasteiger partial charge in [0, 0.05) is 23.3 Å². The highest BCUT2D eigenvalue weighted by Gasteiger charge is 2.36. The number of ether oxygens (including phenoxy) is 2. The first kappa shape index (κ1) is 27.8. The van der Waals surface area contributed by atoms with E-state index in [1.165, 1.54) is 31.3 Å². The summed E-state index contributed by atoms with van der Waals surface area (Å²) in [6, 6.07) is 7.44. The number of nitrogens with one attached hydrogen (secondary N) is 2. The maximum atomic E-state index is 13.8. The fourth-order valence-corrected chi connectivity index (χ4v) is 2.86. The van der Waals surface area contributed by atoms with Gasteiger partial charge in [-0.15, -0.1) is 0 Å². The molecule has 6 nitrogen and oxygen atoms in total. The van der Waals surface area contributed by atoms with Crippen molar-refractivity contribution in [3.8, 4) is 5.75 Å². The van der Waals surface area contributed by atoms with Crippen molar-refractivity contribution in [2.45, 2.75) is 33.4 Å². The standard InChI is InChI=1S/C21H20ClF3N2O4.C2H6/c1-4-5-17(26-2)14-10-15(19(28)30-3)18(11-16(14)21(23,24)25)27-20(29)31-13-8-6-12(22)7-9-13;1-2/h5-11,26H,4H2,1-3H3,(H,27,29);1-2H3/b17-5-;. The number of carbonyl (C=O) groups is 2. The third kappa shape index (κ3) is 7.71. The van der Waals surface area contributed by atoms with Gasteiger partial charge in [0.15, 0.2) is 0 Å². The minimum Gasteiger partial charge on any atom is -0.465 e. The fourth-order valence-electron chi connectivity index (χ4n) is 2.74. The second-order valence-electron chi connectivity index (χ2n) is 6.18. The van der Waals surface area contributed by atoms with Gasteiger partial charge in [0.2, 0.25) is 0 Å². The molecule has 0 bridgehead atoms. The molecule has 0 heterocycles. The van der Waals surface area contributed by atoms with Crippen LogP contribution in [-0.2, 0) is 10.9 Å². The van der Waals surface area contributed by atoms with Crippen LogP contribution >= 0.6 is 11.6 Å². The number of methoxy groups -OCH3 is 1. The molecule has 2 rings (SSSR count). The number of hydrogen-bond acceptors (Lipinski definition) is 5. The van der Waals surface area contributed by atoms with Crippen LogP contribution < -0.4 is 15.4 Å². The molecule has 0 saturated carbocycles. The molecule has 180 valence electrons. The molecule has 0 atom stereocenters. The summed E-state index contributed by atoms with van der Waals surface area (Å²) in [6.45, 7) is 5.76. The van der Waals surface area contributed by atoms with E-state index in [9.17, 15) is 22.8 Å². The number of anilines is 1. The Morgan fingerprint density at radius 1 is 1.09 bits per heavy atom. The summed E-state index contributed by atoms with van der Waals surface area (Å²) >= 11 is 5.76. The minimum absolute atomic E-state index is 0.109. The number of allylic oxidation sites excluding steroid dienone is 1. The van der Waals surface area contributed by atoms with E-state index in [4.69, 9.17) is 16.3 Å². The molecule has 10 heteroatoms. The lowest BCUT2D eigenvalue weighted by Crippen LogP contribution is -2.21. The third-order valence-corrected chi connectivity index (χ3v) is 4.35. The van der Waals surface area contributed by atoms with Gasteiger partial charge in [0.1, 0.15) is 5.75 Å². The smallest absolute Gasteiger partial charge is 0.417 e. The van der Waals surface area contributed by atoms with E-state index in [-0.39, 0.29) is 22.6 Å². The van der Waals surface area contributed by atoms with Crippen LogP contribution in [0.2, 0.25) is 5.02 Å². The topological polar surface area (TPSA) is 76.7 Å². The van der Waals surface area contributed by atoms with E-state index < -0.39 is 29.5 Å². The Hall–Kier alpha value is -3.20. The van der Waals surface area contributed by atoms with E-state index >= 15 is 0 Å². The number of halogens is 4. The number of carbonyl (C=O) groups excluding carboxylic acids is 2. The van der Waals surface area contributed by atoms with Crippen LogP contribution in [0.25, 0.3) is 5.70 Å². The van der Waals surface area contributed by atoms with Crippen molar-refractivity contribution in [2.24, 2.45) is 0 Å². The molecule has 0 aromatic heterocycles. The zero-order chi connectivity index (χ0) is 25.2. The van der Waals surface area contributed by atoms with Gasteiger partial charge in [-0.1, -0.05) is 38.4 Å². The van der Waals surface area contributed by atoms with Crippen molar-refractivity contribution in [2.75, 3.05) is 19.5 Å². The first-order valence-corrected chi connectivity index (χ1v) is 10.4. The zero-order valence-corrected chi connectivity index (χ0v) is 19.6. The Bertz CT molecular complexity index is 990. The Morgan fingerprint density at radius 3 is 2.18 bits per heavy atom. The molecule has 33 heavy (non-hydrogen) atoms. The first-order valence-electron chi connectivity index (χ1n) is 10.1. The third-order valence-electron chi connectivity index (χ3n) is 4.10. The maximum absolute atomic E-state index is 13.8. The van der Waals surface area contributed by atoms with Crippen LogP contribution in [0.4, 0.5) is 23.7 Å². The summed E-state index contributed by atoms with van der Waals surface area (Å²) in [5.41, 5.74) is -1.80. The summed E-state index contributed by atoms with van der Waals surface area (Å²) in [6.07, 6.45) is -3.85. The zero-order valence-electron chi connectivity index (χ0n) is 18.9. The maximum Gasteiger partial charge on any atom is 0.417 e. The van der Waals surface area contributed by atoms with E-state index in [2.05, 4.69) is 15.4 Å². The highest BCUT2D eigenvalue weighted by atomic mass is 35.5. The average molecular weight is 487 g/mol. The number of alkyl halides is 3. The van der Waals surface area contributed by atoms with Gasteiger partial charge in [-0.3, -0.25) is 5.32 Å². The molecule has 0 radical (unpaired) electrons. The predicted molar refractivity (Wildman–Crippen MR) is 123 cm³/mol. The highest BCUT2D eigenvalue weighted by Crippen LogP contribution is 2.38. The van der Waals surface area contributed by atoms with E-state index in [1.54, 1.807) is 13.0 Å². The quantitative estimate of drug-likeness (QED) is 0.441. The SMILES string of the molecule is CC.CC/C=C(\NC)c1cc(C(=O)OC)c(NC(=O)Oc2ccc(Cl)cc2)cc1C(F)(F)F. The van der Waals surface area contributed by atoms with Gasteiger partial charge in [0.25, 0.3) is 0 Å². The Morgan fingerprint density at radius 2 is 1.70 bits per heavy atom. The first-order chi connectivity index (χ1) is 15.6. The van der Waals surface area contributed by atoms with Crippen LogP contribution in [0.1, 0.15) is 48.7 Å². The lowest BCUT2D eigenvalue weighted by atomic mass is 9.98. The monoisotopic (exact) mass is 486 g/mol. The van der Waals surface area contributed by atoms with Crippen molar-refractivity contribution >= 4 is 35.0 Å². The number of benzene rings is 2. The highest BCUT2D eigenvalue weighted by molar-refractivity contribution is 6.30. The second kappa shape index (κ2) is 12.7. The fraction of sp³-hybridized carbons (Fsp3) is 0.304. The molecule has 2 aromatic carbocycles. The van der Waals surface area contributed by atoms with Crippen LogP contribution in [0.5, 0.6) is 5.75 Å². The lowest BCUT2D eigenvalue weighted by Gasteiger charge is -2.19. The summed E-state index contributed by atoms with van der Waals surface area (Å²) < 4.78 is 51.0. The predicted octanol–water partition coefficient (Wildman–Crippen LogP) is 6.75. The molecule has 2 N–H and O–H groups in total. The number of esters is 1. The van der Waals surface area contributed by atoms with Crippen molar-refractivity contribution in [1.82, 2.24) is 5.32 Å². The molecule has 0 aliphatic heterocycles. The summed E-state index contributed by atoms with van der Waals surface area (Å²) in [4.78, 5) is 24.5. The Labute approximate surface area is 195 Å². The van der Waals surface area contributed by atoms with E-state index in [1.807, 2.05) is 13.8 Å². The van der Waals surface area contributed by atoms with Crippen LogP contribution in [-0.4, -0.2) is 26.2 Å². The van der Waals surface area contributed by atoms with Gasteiger partial charge in [-0.2, -0.15) is 13.2 Å². The van der Waals surface area contributed by atoms with Gasteiger partial charge in [-0.25, -0.2) is 9.59 Å². The number of hydrogen-bond donors (Lipinski definition) is 2. The molecule has 0 aliphatic rings. The molecular weight excluding hydrogens is 461 g/mol. The van der Waals surface area contributed by atoms with Crippen molar-refractivity contribution in [1.29, 1.82) is 0 Å². The Balaban J connectivity index is 0.00000265. The molecule has 0 fully saturated rings. The lowest BCUT2D eigenvalue weighted by molar-refractivity contribution is -0.137. The van der Waals surface area contributed by atoms with Crippen LogP contribution in [0.15, 0.2) is 42.5 Å². The van der Waals surface area contributed by atoms with Crippen molar-refractivity contribution in [3.63, 3.8) is 0 Å². The largest absolute Gasteiger partial charge is 0.465 e. The molecule has 0 unspecified atom stereocenters. The van der Waals surface area contributed by atoms with Crippen LogP contribution in [0.3, 0.4) is 0 Å². The van der Waals surface area contributed by atoms with E-state index in [0.717, 1.165) is 13.2 Å². The molecule has 1 amide bonds. The van der Waals surface area contributed by atoms with E-state index in [0.29, 0.717) is 17.5 Å². The molecular formula is C23H26ClF3N2O4. The number of amides is 1. The normalized spacial score (nSPS) is 11.1. The summed E-state index contributed by atoms with van der Waals surface area (Å²) in [5, 5.41) is 5.29. The summed E-state index contributed by atoms with van der Waals surface area (Å²) in [5.74, 6) is -0.818. The van der Waals surface area contributed by atoms with Crippen LogP contribution in [0, 0.1) is 0 Å². The van der Waals surface area contributed by atoms with Gasteiger partial charge >= 0.3 is 18.2 Å². The molecule has 0 saturated heterocycles. The van der Waals surface area contributed by atoms with Crippen molar-refractivity contribution in [3.05, 3.63) is 64.2 Å². The molecule has 2 aromatic rings. The average Bonchev–Trinajstić information content (AvgIpc) is 2.79. The van der Waals surface area contributed by atoms with Gasteiger partial charge < -0.3 is 14.8 Å². The summed E-state index contributed by atoms with van der Waals surface area (Å²) in [7, 11) is 2.55. The van der Waals surface area contributed by atoms with Gasteiger partial charge in [0.05, 0.1) is 23.9 Å². The minimum atomic E-state index is -4.76. The van der Waals surface area contributed by atoms with Gasteiger partial charge in [-0.05, 0) is 42.8 Å². The molecule has 0 spiro atoms. The second-order valence-corrected chi connectivity index (χ2v) is 6.61. The molecule has 0 aliphatic carbocycles. The number of rotatable bonds is 6. The Kier molecular flexibility index (Phi) is 10.7. The van der Waals surface area contributed by atoms with Crippen molar-refractivity contribution < 1.29 is 32.2 Å².